The van der Waals surface area contributed by atoms with E-state index in [0.717, 1.165) is 21.0 Å². The van der Waals surface area contributed by atoms with Crippen LogP contribution in [-0.2, 0) is 16.9 Å². The lowest BCUT2D eigenvalue weighted by Gasteiger charge is -2.37. The number of hydrogen-bond donors (Lipinski definition) is 1. The van der Waals surface area contributed by atoms with Gasteiger partial charge in [0.15, 0.2) is 0 Å². The second-order valence-electron chi connectivity index (χ2n) is 13.0. The predicted molar refractivity (Wildman–Crippen MR) is 187 cm³/mol. The molecule has 14 heteroatoms. The van der Waals surface area contributed by atoms with Crippen LogP contribution in [0.25, 0.3) is 5.69 Å². The van der Waals surface area contributed by atoms with Crippen molar-refractivity contribution in [1.29, 1.82) is 0 Å². The summed E-state index contributed by atoms with van der Waals surface area (Å²) in [5.41, 5.74) is -0.541. The average molecular weight is 705 g/mol. The van der Waals surface area contributed by atoms with Crippen LogP contribution in [-0.4, -0.2) is 79.7 Å². The summed E-state index contributed by atoms with van der Waals surface area (Å²) in [6, 6.07) is 9.32. The van der Waals surface area contributed by atoms with Gasteiger partial charge in [-0.1, -0.05) is 13.0 Å². The van der Waals surface area contributed by atoms with Gasteiger partial charge in [0, 0.05) is 55.1 Å². The number of aliphatic hydroxyl groups excluding tert-OH is 1. The van der Waals surface area contributed by atoms with Gasteiger partial charge in [0.2, 0.25) is 0 Å². The van der Waals surface area contributed by atoms with E-state index in [0.29, 0.717) is 58.0 Å². The van der Waals surface area contributed by atoms with Crippen molar-refractivity contribution in [2.24, 2.45) is 5.92 Å². The van der Waals surface area contributed by atoms with Crippen LogP contribution < -0.4 is 20.2 Å². The molecular weight excluding hydrogens is 658 g/mol. The minimum Gasteiger partial charge on any atom is -0.493 e. The highest BCUT2D eigenvalue weighted by Crippen LogP contribution is 2.42. The minimum atomic E-state index is -1.07. The molecule has 0 saturated carbocycles. The van der Waals surface area contributed by atoms with Gasteiger partial charge in [0.25, 0.3) is 0 Å². The van der Waals surface area contributed by atoms with Crippen LogP contribution >= 0.6 is 0 Å². The molecule has 4 heterocycles. The van der Waals surface area contributed by atoms with Crippen molar-refractivity contribution in [2.75, 3.05) is 49.2 Å². The third-order valence-electron chi connectivity index (χ3n) is 9.63. The maximum Gasteiger partial charge on any atom is 0.350 e. The Morgan fingerprint density at radius 1 is 1.00 bits per heavy atom. The molecule has 2 aliphatic rings. The molecule has 7 rings (SSSR count). The largest absolute Gasteiger partial charge is 0.493 e. The van der Waals surface area contributed by atoms with Crippen molar-refractivity contribution >= 4 is 11.4 Å². The van der Waals surface area contributed by atoms with Crippen molar-refractivity contribution in [3.8, 4) is 11.4 Å². The fourth-order valence-corrected chi connectivity index (χ4v) is 6.94. The van der Waals surface area contributed by atoms with Gasteiger partial charge >= 0.3 is 5.69 Å². The van der Waals surface area contributed by atoms with Gasteiger partial charge in [0.1, 0.15) is 42.0 Å². The SMILES string of the molecule is [2H]c1c([2H])c(-n2cnn([C@@H](CC)[C@H](C)O)c2=O)c([2H])c([2H])c1N1CCN(c2ccc(OC[C@@H]3CO[C@@](Cn4cncn4)(c4ccc(F)cc4F)C3)cc2)CC1. The molecule has 268 valence electrons. The van der Waals surface area contributed by atoms with Crippen LogP contribution in [0.4, 0.5) is 20.2 Å². The van der Waals surface area contributed by atoms with Crippen LogP contribution in [0, 0.1) is 17.6 Å². The van der Waals surface area contributed by atoms with Crippen molar-refractivity contribution in [2.45, 2.75) is 51.0 Å². The van der Waals surface area contributed by atoms with Crippen molar-refractivity contribution in [1.82, 2.24) is 29.1 Å². The summed E-state index contributed by atoms with van der Waals surface area (Å²) in [5, 5.41) is 18.4. The molecule has 0 aliphatic carbocycles. The van der Waals surface area contributed by atoms with E-state index in [9.17, 15) is 14.3 Å². The smallest absolute Gasteiger partial charge is 0.350 e. The van der Waals surface area contributed by atoms with E-state index in [1.54, 1.807) is 11.6 Å². The van der Waals surface area contributed by atoms with E-state index in [4.69, 9.17) is 15.0 Å². The van der Waals surface area contributed by atoms with Gasteiger partial charge in [0.05, 0.1) is 43.1 Å². The molecule has 0 radical (unpaired) electrons. The van der Waals surface area contributed by atoms with Gasteiger partial charge in [-0.3, -0.25) is 0 Å². The summed E-state index contributed by atoms with van der Waals surface area (Å²) >= 11 is 0. The molecule has 1 N–H and O–H groups in total. The van der Waals surface area contributed by atoms with Crippen molar-refractivity contribution < 1.29 is 28.8 Å². The quantitative estimate of drug-likeness (QED) is 0.200. The van der Waals surface area contributed by atoms with Crippen molar-refractivity contribution in [3.63, 3.8) is 0 Å². The second kappa shape index (κ2) is 14.6. The minimum absolute atomic E-state index is 0.0747. The number of aromatic nitrogens is 6. The molecule has 0 amide bonds. The Hall–Kier alpha value is -5.08. The normalized spacial score (nSPS) is 21.5. The van der Waals surface area contributed by atoms with Crippen LogP contribution in [0.1, 0.15) is 43.8 Å². The predicted octanol–water partition coefficient (Wildman–Crippen LogP) is 4.57. The molecule has 0 spiro atoms. The molecule has 4 atom stereocenters. The summed E-state index contributed by atoms with van der Waals surface area (Å²) in [5.74, 6) is -0.778. The van der Waals surface area contributed by atoms with Crippen LogP contribution in [0.15, 0.2) is 90.4 Å². The Morgan fingerprint density at radius 3 is 2.35 bits per heavy atom. The molecule has 2 fully saturated rings. The first-order chi connectivity index (χ1) is 26.4. The Bertz CT molecular complexity index is 2170. The summed E-state index contributed by atoms with van der Waals surface area (Å²) in [6.07, 6.45) is 4.09. The molecule has 3 aromatic carbocycles. The van der Waals surface area contributed by atoms with Gasteiger partial charge in [-0.15, -0.1) is 0 Å². The number of ether oxygens (including phenoxy) is 2. The summed E-state index contributed by atoms with van der Waals surface area (Å²) in [4.78, 5) is 21.2. The maximum atomic E-state index is 15.0. The van der Waals surface area contributed by atoms with Crippen molar-refractivity contribution in [3.05, 3.63) is 113 Å². The fourth-order valence-electron chi connectivity index (χ4n) is 6.94. The highest BCUT2D eigenvalue weighted by atomic mass is 19.1. The number of hydrogen-bond acceptors (Lipinski definition) is 9. The number of aliphatic hydroxyl groups is 1. The van der Waals surface area contributed by atoms with E-state index in [2.05, 4.69) is 20.1 Å². The Labute approximate surface area is 300 Å². The number of rotatable bonds is 12. The number of anilines is 2. The van der Waals surface area contributed by atoms with E-state index in [1.165, 1.54) is 31.1 Å². The number of nitrogens with zero attached hydrogens (tertiary/aromatic N) is 8. The van der Waals surface area contributed by atoms with E-state index in [-0.39, 0.29) is 53.6 Å². The number of benzene rings is 3. The first-order valence-corrected chi connectivity index (χ1v) is 17.0. The van der Waals surface area contributed by atoms with Gasteiger partial charge < -0.3 is 24.4 Å². The zero-order valence-electron chi connectivity index (χ0n) is 32.4. The molecular formula is C37H42F2N8O4. The lowest BCUT2D eigenvalue weighted by atomic mass is 9.87. The zero-order valence-corrected chi connectivity index (χ0v) is 28.4. The summed E-state index contributed by atoms with van der Waals surface area (Å²) in [6.45, 7) is 6.18. The third kappa shape index (κ3) is 7.24. The first kappa shape index (κ1) is 29.6. The second-order valence-corrected chi connectivity index (χ2v) is 13.0. The average Bonchev–Trinajstić information content (AvgIpc) is 3.93. The number of halogens is 2. The standard InChI is InChI=1S/C37H42F2N8O4/c1-3-35(26(2)48)47-36(49)46(25-42-47)31-7-5-29(6-8-31)43-14-16-44(17-15-43)30-9-11-32(12-10-30)50-20-27-19-37(51-21-27,22-45-24-40-23-41-45)33-13-4-28(38)18-34(33)39/h4-13,18,23-27,35,48H,3,14-17,19-22H2,1-2H3/t26-,27+,35-,37-/m0/s1/i5D,6D,7D,8D. The van der Waals surface area contributed by atoms with Gasteiger partial charge in [-0.05, 0) is 74.3 Å². The molecule has 2 aliphatic heterocycles. The molecule has 12 nitrogen and oxygen atoms in total. The highest BCUT2D eigenvalue weighted by Gasteiger charge is 2.44. The molecule has 0 bridgehead atoms. The molecule has 2 saturated heterocycles. The summed E-state index contributed by atoms with van der Waals surface area (Å²) < 4.78 is 79.9. The lowest BCUT2D eigenvalue weighted by Crippen LogP contribution is -2.46. The zero-order chi connectivity index (χ0) is 39.0. The maximum absolute atomic E-state index is 15.0. The highest BCUT2D eigenvalue weighted by molar-refractivity contribution is 5.54. The molecule has 5 aromatic rings. The number of piperazine rings is 1. The Morgan fingerprint density at radius 2 is 1.71 bits per heavy atom. The fraction of sp³-hybridized carbons (Fsp3) is 0.405. The topological polar surface area (TPSA) is 116 Å². The Balaban J connectivity index is 0.985. The van der Waals surface area contributed by atoms with E-state index < -0.39 is 35.1 Å². The summed E-state index contributed by atoms with van der Waals surface area (Å²) in [7, 11) is 0. The van der Waals surface area contributed by atoms with Crippen LogP contribution in [0.3, 0.4) is 0 Å². The molecule has 51 heavy (non-hydrogen) atoms. The van der Waals surface area contributed by atoms with E-state index in [1.807, 2.05) is 36.1 Å². The van der Waals surface area contributed by atoms with Gasteiger partial charge in [-0.2, -0.15) is 10.2 Å². The first-order valence-electron chi connectivity index (χ1n) is 19.0. The monoisotopic (exact) mass is 704 g/mol. The van der Waals surface area contributed by atoms with Crippen LogP contribution in [0.5, 0.6) is 5.75 Å². The molecule has 2 aromatic heterocycles. The Kier molecular flexibility index (Phi) is 8.51. The van der Waals surface area contributed by atoms with Crippen LogP contribution in [0.2, 0.25) is 0 Å². The van der Waals surface area contributed by atoms with Gasteiger partial charge in [-0.25, -0.2) is 32.5 Å². The third-order valence-corrected chi connectivity index (χ3v) is 9.63. The lowest BCUT2D eigenvalue weighted by molar-refractivity contribution is -0.0206. The van der Waals surface area contributed by atoms with E-state index >= 15 is 4.39 Å². The molecule has 0 unspecified atom stereocenters.